The van der Waals surface area contributed by atoms with Crippen molar-refractivity contribution in [1.29, 1.82) is 0 Å². The molecule has 0 amide bonds. The summed E-state index contributed by atoms with van der Waals surface area (Å²) in [5.74, 6) is -1.80. The lowest BCUT2D eigenvalue weighted by Crippen LogP contribution is -2.34. The number of nitrogens with two attached hydrogens (primary N) is 1. The van der Waals surface area contributed by atoms with Crippen molar-refractivity contribution in [2.75, 3.05) is 26.4 Å². The van der Waals surface area contributed by atoms with Crippen LogP contribution in [0.1, 0.15) is 168 Å². The van der Waals surface area contributed by atoms with Gasteiger partial charge in [0.15, 0.2) is 0 Å². The molecule has 0 heterocycles. The number of carboxylic acids is 1. The van der Waals surface area contributed by atoms with Crippen LogP contribution in [0.4, 0.5) is 0 Å². The lowest BCUT2D eigenvalue weighted by molar-refractivity contribution is -0.154. The third kappa shape index (κ3) is 43.1. The van der Waals surface area contributed by atoms with Gasteiger partial charge in [0.05, 0.1) is 19.8 Å². The average molecular weight is 848 g/mol. The highest BCUT2D eigenvalue weighted by molar-refractivity contribution is 7.47. The molecule has 11 heteroatoms. The van der Waals surface area contributed by atoms with Crippen molar-refractivity contribution in [3.63, 3.8) is 0 Å². The molecule has 0 aliphatic carbocycles. The largest absolute Gasteiger partial charge is 0.480 e. The summed E-state index contributed by atoms with van der Waals surface area (Å²) in [6.45, 7) is 3.61. The van der Waals surface area contributed by atoms with Crippen molar-refractivity contribution in [1.82, 2.24) is 0 Å². The highest BCUT2D eigenvalue weighted by Crippen LogP contribution is 2.43. The number of carboxylic acid groups (broad SMARTS) is 1. The Kier molecular flexibility index (Phi) is 41.2. The maximum absolute atomic E-state index is 12.7. The molecule has 0 aromatic rings. The summed E-state index contributed by atoms with van der Waals surface area (Å²) in [5.41, 5.74) is 5.36. The summed E-state index contributed by atoms with van der Waals surface area (Å²) >= 11 is 0. The maximum Gasteiger partial charge on any atom is 0.472 e. The molecule has 0 fully saturated rings. The first-order valence-electron chi connectivity index (χ1n) is 22.6. The molecule has 0 aromatic heterocycles. The van der Waals surface area contributed by atoms with Crippen LogP contribution in [0.3, 0.4) is 0 Å². The number of phosphoric acid groups is 1. The SMILES string of the molecule is CC/C=C\C/C=C\C/C=C\C/C=C\CCCCCCCCCOCC(COP(=O)(O)OCC(N)C(=O)O)OC(=O)CCCCCCCCC/C=C\C/C=C\C/C=C\CC. The first kappa shape index (κ1) is 56.1. The van der Waals surface area contributed by atoms with Crippen molar-refractivity contribution in [2.24, 2.45) is 5.73 Å². The molecule has 0 spiro atoms. The Balaban J connectivity index is 4.26. The Morgan fingerprint density at radius 2 is 0.932 bits per heavy atom. The van der Waals surface area contributed by atoms with Gasteiger partial charge < -0.3 is 25.2 Å². The van der Waals surface area contributed by atoms with E-state index in [1.165, 1.54) is 44.9 Å². The van der Waals surface area contributed by atoms with Gasteiger partial charge in [-0.15, -0.1) is 0 Å². The number of hydrogen-bond donors (Lipinski definition) is 3. The number of carbonyl (C=O) groups is 2. The Bertz CT molecular complexity index is 1260. The van der Waals surface area contributed by atoms with E-state index in [4.69, 9.17) is 29.4 Å². The van der Waals surface area contributed by atoms with Crippen LogP contribution in [0, 0.1) is 0 Å². The fraction of sp³-hybridized carbons (Fsp3) is 0.667. The number of hydrogen-bond acceptors (Lipinski definition) is 8. The van der Waals surface area contributed by atoms with E-state index in [1.807, 2.05) is 0 Å². The van der Waals surface area contributed by atoms with Gasteiger partial charge in [0.25, 0.3) is 0 Å². The standard InChI is InChI=1S/C48H82NO9P/c1-3-5-7-9-11-13-15-17-19-21-22-23-25-27-29-31-33-35-37-39-41-55-42-45(43-56-59(53,54)57-44-46(49)48(51)52)58-47(50)40-38-36-34-32-30-28-26-24-20-18-16-14-12-10-8-6-4-2/h5-8,11-14,17-20,22-23,45-46H,3-4,9-10,15-16,21,24-44,49H2,1-2H3,(H,51,52)(H,53,54)/b7-5-,8-6-,13-11-,14-12-,19-17-,20-18-,23-22-. The molecule has 0 rings (SSSR count). The van der Waals surface area contributed by atoms with Crippen molar-refractivity contribution in [3.8, 4) is 0 Å². The van der Waals surface area contributed by atoms with Crippen molar-refractivity contribution < 1.29 is 42.7 Å². The molecular weight excluding hydrogens is 765 g/mol. The maximum atomic E-state index is 12.7. The molecule has 0 aliphatic rings. The number of esters is 1. The highest BCUT2D eigenvalue weighted by Gasteiger charge is 2.27. The molecule has 0 saturated carbocycles. The van der Waals surface area contributed by atoms with Gasteiger partial charge in [0, 0.05) is 13.0 Å². The number of rotatable bonds is 42. The smallest absolute Gasteiger partial charge is 0.472 e. The monoisotopic (exact) mass is 848 g/mol. The van der Waals surface area contributed by atoms with Gasteiger partial charge in [-0.2, -0.15) is 0 Å². The first-order chi connectivity index (χ1) is 28.7. The molecule has 0 aromatic carbocycles. The van der Waals surface area contributed by atoms with Crippen LogP contribution in [0.5, 0.6) is 0 Å². The van der Waals surface area contributed by atoms with Gasteiger partial charge >= 0.3 is 19.8 Å². The minimum atomic E-state index is -4.63. The first-order valence-corrected chi connectivity index (χ1v) is 24.1. The van der Waals surface area contributed by atoms with E-state index in [0.717, 1.165) is 96.3 Å². The molecule has 0 saturated heterocycles. The third-order valence-corrected chi connectivity index (χ3v) is 10.1. The molecule has 3 atom stereocenters. The molecule has 338 valence electrons. The van der Waals surface area contributed by atoms with Crippen LogP contribution >= 0.6 is 7.82 Å². The quantitative estimate of drug-likeness (QED) is 0.0234. The Morgan fingerprint density at radius 1 is 0.542 bits per heavy atom. The van der Waals surface area contributed by atoms with E-state index in [0.29, 0.717) is 13.0 Å². The summed E-state index contributed by atoms with van der Waals surface area (Å²) in [6, 6.07) is -1.48. The lowest BCUT2D eigenvalue weighted by Gasteiger charge is -2.20. The third-order valence-electron chi connectivity index (χ3n) is 9.17. The number of aliphatic carboxylic acids is 1. The van der Waals surface area contributed by atoms with Crippen LogP contribution in [-0.2, 0) is 32.7 Å². The minimum Gasteiger partial charge on any atom is -0.480 e. The zero-order valence-electron chi connectivity index (χ0n) is 36.8. The predicted molar refractivity (Wildman–Crippen MR) is 244 cm³/mol. The molecule has 4 N–H and O–H groups in total. The van der Waals surface area contributed by atoms with Gasteiger partial charge in [-0.05, 0) is 83.5 Å². The van der Waals surface area contributed by atoms with Gasteiger partial charge in [-0.3, -0.25) is 18.6 Å². The molecule has 0 aliphatic heterocycles. The van der Waals surface area contributed by atoms with Gasteiger partial charge in [0.2, 0.25) is 0 Å². The van der Waals surface area contributed by atoms with E-state index < -0.39 is 45.1 Å². The van der Waals surface area contributed by atoms with Gasteiger partial charge in [0.1, 0.15) is 12.1 Å². The molecule has 0 radical (unpaired) electrons. The zero-order chi connectivity index (χ0) is 43.3. The topological polar surface area (TPSA) is 155 Å². The van der Waals surface area contributed by atoms with Gasteiger partial charge in [-0.25, -0.2) is 4.57 Å². The number of ether oxygens (including phenoxy) is 2. The van der Waals surface area contributed by atoms with Crippen molar-refractivity contribution in [3.05, 3.63) is 85.1 Å². The number of phosphoric ester groups is 1. The van der Waals surface area contributed by atoms with Crippen molar-refractivity contribution in [2.45, 2.75) is 180 Å². The fourth-order valence-corrected chi connectivity index (χ4v) is 6.50. The summed E-state index contributed by atoms with van der Waals surface area (Å²) in [4.78, 5) is 33.6. The summed E-state index contributed by atoms with van der Waals surface area (Å²) in [5, 5.41) is 8.91. The van der Waals surface area contributed by atoms with E-state index in [2.05, 4.69) is 98.9 Å². The number of unbranched alkanes of at least 4 members (excludes halogenated alkanes) is 14. The minimum absolute atomic E-state index is 0.000210. The van der Waals surface area contributed by atoms with Crippen LogP contribution < -0.4 is 5.73 Å². The Labute approximate surface area is 358 Å². The fourth-order valence-electron chi connectivity index (χ4n) is 5.73. The van der Waals surface area contributed by atoms with Gasteiger partial charge in [-0.1, -0.05) is 163 Å². The highest BCUT2D eigenvalue weighted by atomic mass is 31.2. The summed E-state index contributed by atoms with van der Waals surface area (Å²) in [7, 11) is -4.63. The number of carbonyl (C=O) groups excluding carboxylic acids is 1. The Hall–Kier alpha value is -2.85. The average Bonchev–Trinajstić information content (AvgIpc) is 3.21. The van der Waals surface area contributed by atoms with Crippen LogP contribution in [0.2, 0.25) is 0 Å². The van der Waals surface area contributed by atoms with E-state index in [-0.39, 0.29) is 13.0 Å². The Morgan fingerprint density at radius 3 is 1.39 bits per heavy atom. The summed E-state index contributed by atoms with van der Waals surface area (Å²) < 4.78 is 33.4. The van der Waals surface area contributed by atoms with E-state index in [9.17, 15) is 19.0 Å². The van der Waals surface area contributed by atoms with Crippen molar-refractivity contribution >= 4 is 19.8 Å². The zero-order valence-corrected chi connectivity index (χ0v) is 37.7. The second-order valence-corrected chi connectivity index (χ2v) is 16.2. The molecule has 10 nitrogen and oxygen atoms in total. The van der Waals surface area contributed by atoms with Crippen LogP contribution in [-0.4, -0.2) is 60.5 Å². The second-order valence-electron chi connectivity index (χ2n) is 14.8. The normalized spacial score (nSPS) is 14.6. The lowest BCUT2D eigenvalue weighted by atomic mass is 10.1. The molecule has 0 bridgehead atoms. The summed E-state index contributed by atoms with van der Waals surface area (Å²) in [6.07, 6.45) is 54.9. The molecular formula is C48H82NO9P. The molecule has 59 heavy (non-hydrogen) atoms. The van der Waals surface area contributed by atoms with E-state index >= 15 is 0 Å². The number of allylic oxidation sites excluding steroid dienone is 14. The second kappa shape index (κ2) is 43.2. The van der Waals surface area contributed by atoms with E-state index in [1.54, 1.807) is 0 Å². The van der Waals surface area contributed by atoms with Crippen LogP contribution in [0.15, 0.2) is 85.1 Å². The van der Waals surface area contributed by atoms with Crippen LogP contribution in [0.25, 0.3) is 0 Å². The predicted octanol–water partition coefficient (Wildman–Crippen LogP) is 12.8. The molecule has 3 unspecified atom stereocenters.